The van der Waals surface area contributed by atoms with Gasteiger partial charge in [0.05, 0.1) is 0 Å². The minimum Gasteiger partial charge on any atom is -0.329 e. The zero-order chi connectivity index (χ0) is 14.7. The topological polar surface area (TPSA) is 66.6 Å². The van der Waals surface area contributed by atoms with E-state index in [1.54, 1.807) is 8.61 Å². The molecular formula is C13H29N3O2S. The number of rotatable bonds is 6. The number of hydrogen-bond acceptors (Lipinski definition) is 3. The highest BCUT2D eigenvalue weighted by atomic mass is 32.2. The van der Waals surface area contributed by atoms with Crippen LogP contribution in [-0.2, 0) is 10.2 Å². The van der Waals surface area contributed by atoms with Crippen molar-refractivity contribution in [2.24, 2.45) is 5.73 Å². The predicted molar refractivity (Wildman–Crippen MR) is 79.1 cm³/mol. The lowest BCUT2D eigenvalue weighted by Crippen LogP contribution is -2.59. The van der Waals surface area contributed by atoms with Crippen LogP contribution < -0.4 is 5.73 Å². The van der Waals surface area contributed by atoms with Gasteiger partial charge in [-0.1, -0.05) is 20.3 Å². The molecule has 0 amide bonds. The Morgan fingerprint density at radius 2 is 2.00 bits per heavy atom. The molecule has 6 heteroatoms. The summed E-state index contributed by atoms with van der Waals surface area (Å²) in [5, 5.41) is 0. The molecule has 2 unspecified atom stereocenters. The first kappa shape index (κ1) is 16.9. The Labute approximate surface area is 118 Å². The van der Waals surface area contributed by atoms with Crippen LogP contribution in [-0.4, -0.2) is 48.2 Å². The van der Waals surface area contributed by atoms with Crippen LogP contribution in [0.5, 0.6) is 0 Å². The van der Waals surface area contributed by atoms with Gasteiger partial charge in [-0.25, -0.2) is 0 Å². The normalized spacial score (nSPS) is 25.5. The second-order valence-corrected chi connectivity index (χ2v) is 7.49. The van der Waals surface area contributed by atoms with Crippen molar-refractivity contribution in [1.82, 2.24) is 8.61 Å². The Bertz CT molecular complexity index is 379. The van der Waals surface area contributed by atoms with Gasteiger partial charge in [-0.3, -0.25) is 0 Å². The Balaban J connectivity index is 3.07. The second kappa shape index (κ2) is 6.52. The van der Waals surface area contributed by atoms with E-state index in [4.69, 9.17) is 5.73 Å². The minimum atomic E-state index is -3.42. The van der Waals surface area contributed by atoms with Crippen LogP contribution in [0.25, 0.3) is 0 Å². The molecule has 1 fully saturated rings. The Morgan fingerprint density at radius 1 is 1.37 bits per heavy atom. The lowest BCUT2D eigenvalue weighted by Gasteiger charge is -2.43. The van der Waals surface area contributed by atoms with Gasteiger partial charge in [-0.05, 0) is 33.1 Å². The first-order chi connectivity index (χ1) is 8.83. The highest BCUT2D eigenvalue weighted by Gasteiger charge is 2.41. The molecule has 0 bridgehead atoms. The Morgan fingerprint density at radius 3 is 2.42 bits per heavy atom. The van der Waals surface area contributed by atoms with Crippen molar-refractivity contribution in [3.8, 4) is 0 Å². The fourth-order valence-corrected chi connectivity index (χ4v) is 5.05. The molecule has 1 aliphatic heterocycles. The zero-order valence-electron chi connectivity index (χ0n) is 12.7. The lowest BCUT2D eigenvalue weighted by molar-refractivity contribution is 0.178. The third-order valence-electron chi connectivity index (χ3n) is 4.41. The molecule has 1 heterocycles. The largest absolute Gasteiger partial charge is 0.329 e. The molecule has 0 aliphatic carbocycles. The second-order valence-electron chi connectivity index (χ2n) is 5.68. The third kappa shape index (κ3) is 3.29. The standard InChI is InChI=1S/C13H29N3O2S/c1-5-13(4,11-14)16(6-2)19(17,18)15-10-8-7-9-12(15)3/h12H,5-11,14H2,1-4H3. The summed E-state index contributed by atoms with van der Waals surface area (Å²) in [4.78, 5) is 0. The molecule has 0 aromatic rings. The van der Waals surface area contributed by atoms with E-state index in [0.29, 0.717) is 19.6 Å². The van der Waals surface area contributed by atoms with Crippen molar-refractivity contribution in [3.05, 3.63) is 0 Å². The van der Waals surface area contributed by atoms with Crippen molar-refractivity contribution >= 4 is 10.2 Å². The molecule has 114 valence electrons. The predicted octanol–water partition coefficient (Wildman–Crippen LogP) is 1.55. The molecular weight excluding hydrogens is 262 g/mol. The van der Waals surface area contributed by atoms with E-state index in [0.717, 1.165) is 25.7 Å². The van der Waals surface area contributed by atoms with Crippen molar-refractivity contribution in [3.63, 3.8) is 0 Å². The average Bonchev–Trinajstić information content (AvgIpc) is 2.39. The van der Waals surface area contributed by atoms with Crippen LogP contribution in [0, 0.1) is 0 Å². The maximum atomic E-state index is 12.9. The van der Waals surface area contributed by atoms with Gasteiger partial charge in [0, 0.05) is 31.2 Å². The number of piperidine rings is 1. The van der Waals surface area contributed by atoms with Crippen LogP contribution in [0.1, 0.15) is 53.4 Å². The Hall–Kier alpha value is -0.170. The van der Waals surface area contributed by atoms with E-state index in [2.05, 4.69) is 0 Å². The molecule has 5 nitrogen and oxygen atoms in total. The molecule has 1 saturated heterocycles. The van der Waals surface area contributed by atoms with Crippen molar-refractivity contribution in [2.75, 3.05) is 19.6 Å². The van der Waals surface area contributed by atoms with E-state index in [1.165, 1.54) is 0 Å². The van der Waals surface area contributed by atoms with Gasteiger partial charge in [-0.2, -0.15) is 17.0 Å². The molecule has 1 rings (SSSR count). The molecule has 1 aliphatic rings. The van der Waals surface area contributed by atoms with Gasteiger partial charge in [-0.15, -0.1) is 0 Å². The van der Waals surface area contributed by atoms with Crippen molar-refractivity contribution < 1.29 is 8.42 Å². The summed E-state index contributed by atoms with van der Waals surface area (Å²) in [6.07, 6.45) is 3.73. The summed E-state index contributed by atoms with van der Waals surface area (Å²) in [5.74, 6) is 0. The van der Waals surface area contributed by atoms with Crippen molar-refractivity contribution in [2.45, 2.75) is 65.0 Å². The summed E-state index contributed by atoms with van der Waals surface area (Å²) < 4.78 is 29.0. The van der Waals surface area contributed by atoms with E-state index < -0.39 is 15.7 Å². The highest BCUT2D eigenvalue weighted by molar-refractivity contribution is 7.86. The van der Waals surface area contributed by atoms with Gasteiger partial charge in [0.1, 0.15) is 0 Å². The molecule has 0 spiro atoms. The number of hydrogen-bond donors (Lipinski definition) is 1. The lowest BCUT2D eigenvalue weighted by atomic mass is 9.99. The quantitative estimate of drug-likeness (QED) is 0.807. The van der Waals surface area contributed by atoms with Gasteiger partial charge >= 0.3 is 0 Å². The summed E-state index contributed by atoms with van der Waals surface area (Å²) in [7, 11) is -3.42. The summed E-state index contributed by atoms with van der Waals surface area (Å²) in [6.45, 7) is 9.25. The van der Waals surface area contributed by atoms with Crippen LogP contribution in [0.4, 0.5) is 0 Å². The molecule has 19 heavy (non-hydrogen) atoms. The van der Waals surface area contributed by atoms with E-state index in [1.807, 2.05) is 27.7 Å². The van der Waals surface area contributed by atoms with Crippen LogP contribution in [0.2, 0.25) is 0 Å². The fourth-order valence-electron chi connectivity index (χ4n) is 2.79. The fraction of sp³-hybridized carbons (Fsp3) is 1.00. The number of nitrogens with two attached hydrogens (primary N) is 1. The maximum absolute atomic E-state index is 12.9. The number of likely N-dealkylation sites (N-methyl/N-ethyl adjacent to an activating group) is 1. The molecule has 2 N–H and O–H groups in total. The molecule has 0 radical (unpaired) electrons. The average molecular weight is 291 g/mol. The maximum Gasteiger partial charge on any atom is 0.282 e. The van der Waals surface area contributed by atoms with Crippen molar-refractivity contribution in [1.29, 1.82) is 0 Å². The summed E-state index contributed by atoms with van der Waals surface area (Å²) in [5.41, 5.74) is 5.33. The van der Waals surface area contributed by atoms with Gasteiger partial charge in [0.25, 0.3) is 10.2 Å². The van der Waals surface area contributed by atoms with E-state index in [9.17, 15) is 8.42 Å². The van der Waals surface area contributed by atoms with Crippen LogP contribution >= 0.6 is 0 Å². The Kier molecular flexibility index (Phi) is 5.79. The number of nitrogens with zero attached hydrogens (tertiary/aromatic N) is 2. The first-order valence-electron chi connectivity index (χ1n) is 7.33. The zero-order valence-corrected chi connectivity index (χ0v) is 13.5. The van der Waals surface area contributed by atoms with E-state index in [-0.39, 0.29) is 6.04 Å². The summed E-state index contributed by atoms with van der Waals surface area (Å²) in [6, 6.07) is 0.0895. The van der Waals surface area contributed by atoms with Gasteiger partial charge in [0.15, 0.2) is 0 Å². The van der Waals surface area contributed by atoms with Gasteiger partial charge in [0.2, 0.25) is 0 Å². The molecule has 0 saturated carbocycles. The van der Waals surface area contributed by atoms with Gasteiger partial charge < -0.3 is 5.73 Å². The molecule has 2 atom stereocenters. The minimum absolute atomic E-state index is 0.0895. The smallest absolute Gasteiger partial charge is 0.282 e. The molecule has 0 aromatic heterocycles. The van der Waals surface area contributed by atoms with E-state index >= 15 is 0 Å². The SMILES string of the molecule is CCN(C(C)(CC)CN)S(=O)(=O)N1CCCCC1C. The third-order valence-corrected chi connectivity index (χ3v) is 6.80. The van der Waals surface area contributed by atoms with Crippen LogP contribution in [0.15, 0.2) is 0 Å². The first-order valence-corrected chi connectivity index (χ1v) is 8.72. The van der Waals surface area contributed by atoms with Crippen LogP contribution in [0.3, 0.4) is 0 Å². The molecule has 0 aromatic carbocycles. The monoisotopic (exact) mass is 291 g/mol. The highest BCUT2D eigenvalue weighted by Crippen LogP contribution is 2.28. The summed E-state index contributed by atoms with van der Waals surface area (Å²) >= 11 is 0.